The standard InChI is InChI=1S/C28H35NO/c1-19(16-20-8-10-21(11-9-20)25-29-28(6,7)18-30-25)22-12-13-23-24(17-22)27(4,5)15-14-26(23,2)3/h8-13,16-17H,14-15,18H2,1-7H3. The van der Waals surface area contributed by atoms with E-state index in [0.717, 1.165) is 11.5 Å². The van der Waals surface area contributed by atoms with Gasteiger partial charge in [-0.2, -0.15) is 0 Å². The highest BCUT2D eigenvalue weighted by Crippen LogP contribution is 2.46. The fourth-order valence-electron chi connectivity index (χ4n) is 4.62. The van der Waals surface area contributed by atoms with Crippen LogP contribution in [0.25, 0.3) is 11.6 Å². The average Bonchev–Trinajstić information content (AvgIpc) is 3.05. The molecule has 0 saturated heterocycles. The molecule has 158 valence electrons. The molecule has 0 fully saturated rings. The summed E-state index contributed by atoms with van der Waals surface area (Å²) in [6.45, 7) is 16.6. The molecule has 2 aliphatic rings. The summed E-state index contributed by atoms with van der Waals surface area (Å²) in [5.41, 5.74) is 8.25. The van der Waals surface area contributed by atoms with E-state index >= 15 is 0 Å². The molecule has 0 spiro atoms. The van der Waals surface area contributed by atoms with Crippen molar-refractivity contribution in [1.82, 2.24) is 0 Å². The number of allylic oxidation sites excluding steroid dienone is 1. The number of ether oxygens (including phenoxy) is 1. The molecule has 30 heavy (non-hydrogen) atoms. The van der Waals surface area contributed by atoms with Gasteiger partial charge in [0.2, 0.25) is 5.90 Å². The summed E-state index contributed by atoms with van der Waals surface area (Å²) in [6.07, 6.45) is 4.76. The number of nitrogens with zero attached hydrogens (tertiary/aromatic N) is 1. The van der Waals surface area contributed by atoms with E-state index in [0.29, 0.717) is 6.61 Å². The fourth-order valence-corrected chi connectivity index (χ4v) is 4.62. The Hall–Kier alpha value is -2.35. The van der Waals surface area contributed by atoms with Gasteiger partial charge in [0.05, 0.1) is 5.54 Å². The lowest BCUT2D eigenvalue weighted by atomic mass is 9.63. The zero-order valence-corrected chi connectivity index (χ0v) is 19.6. The van der Waals surface area contributed by atoms with Gasteiger partial charge in [0.15, 0.2) is 0 Å². The maximum absolute atomic E-state index is 5.77. The molecule has 0 amide bonds. The van der Waals surface area contributed by atoms with Gasteiger partial charge in [-0.05, 0) is 84.4 Å². The van der Waals surface area contributed by atoms with Crippen LogP contribution >= 0.6 is 0 Å². The lowest BCUT2D eigenvalue weighted by molar-refractivity contribution is 0.279. The first-order chi connectivity index (χ1) is 14.0. The van der Waals surface area contributed by atoms with Crippen LogP contribution in [0.2, 0.25) is 0 Å². The molecule has 0 N–H and O–H groups in total. The monoisotopic (exact) mass is 401 g/mol. The van der Waals surface area contributed by atoms with Crippen molar-refractivity contribution in [2.45, 2.75) is 77.7 Å². The van der Waals surface area contributed by atoms with Crippen LogP contribution in [0.4, 0.5) is 0 Å². The Morgan fingerprint density at radius 3 is 2.10 bits per heavy atom. The van der Waals surface area contributed by atoms with Crippen molar-refractivity contribution in [2.75, 3.05) is 6.61 Å². The Kier molecular flexibility index (Phi) is 4.96. The fraction of sp³-hybridized carbons (Fsp3) is 0.464. The van der Waals surface area contributed by atoms with E-state index in [4.69, 9.17) is 4.74 Å². The van der Waals surface area contributed by atoms with Gasteiger partial charge in [0.1, 0.15) is 6.61 Å². The van der Waals surface area contributed by atoms with E-state index < -0.39 is 0 Å². The third-order valence-corrected chi connectivity index (χ3v) is 6.82. The molecule has 0 unspecified atom stereocenters. The molecule has 1 aliphatic heterocycles. The molecule has 2 aromatic rings. The molecule has 0 atom stereocenters. The van der Waals surface area contributed by atoms with Crippen molar-refractivity contribution in [3.8, 4) is 0 Å². The van der Waals surface area contributed by atoms with E-state index in [1.54, 1.807) is 0 Å². The molecule has 1 heterocycles. The molecule has 0 bridgehead atoms. The number of hydrogen-bond donors (Lipinski definition) is 0. The predicted octanol–water partition coefficient (Wildman–Crippen LogP) is 7.15. The first kappa shape index (κ1) is 20.9. The Labute approximate surface area is 182 Å². The lowest BCUT2D eigenvalue weighted by Gasteiger charge is -2.42. The molecular weight excluding hydrogens is 366 g/mol. The second-order valence-corrected chi connectivity index (χ2v) is 11.0. The van der Waals surface area contributed by atoms with Crippen molar-refractivity contribution in [2.24, 2.45) is 4.99 Å². The van der Waals surface area contributed by atoms with Crippen molar-refractivity contribution in [3.63, 3.8) is 0 Å². The first-order valence-electron chi connectivity index (χ1n) is 11.1. The Balaban J connectivity index is 1.61. The number of benzene rings is 2. The zero-order valence-electron chi connectivity index (χ0n) is 19.6. The zero-order chi connectivity index (χ0) is 21.7. The molecule has 4 rings (SSSR count). The predicted molar refractivity (Wildman–Crippen MR) is 128 cm³/mol. The van der Waals surface area contributed by atoms with Gasteiger partial charge < -0.3 is 4.74 Å². The van der Waals surface area contributed by atoms with E-state index in [1.807, 2.05) is 0 Å². The first-order valence-corrected chi connectivity index (χ1v) is 11.1. The quantitative estimate of drug-likeness (QED) is 0.500. The molecule has 2 heteroatoms. The number of hydrogen-bond acceptors (Lipinski definition) is 2. The van der Waals surface area contributed by atoms with Gasteiger partial charge in [0.25, 0.3) is 0 Å². The second kappa shape index (κ2) is 7.11. The van der Waals surface area contributed by atoms with Gasteiger partial charge in [-0.25, -0.2) is 4.99 Å². The van der Waals surface area contributed by atoms with Gasteiger partial charge >= 0.3 is 0 Å². The minimum absolute atomic E-state index is 0.126. The molecule has 2 nitrogen and oxygen atoms in total. The summed E-state index contributed by atoms with van der Waals surface area (Å²) in [6, 6.07) is 15.6. The van der Waals surface area contributed by atoms with Gasteiger partial charge in [-0.1, -0.05) is 64.1 Å². The largest absolute Gasteiger partial charge is 0.475 e. The second-order valence-electron chi connectivity index (χ2n) is 11.0. The summed E-state index contributed by atoms with van der Waals surface area (Å²) in [5.74, 6) is 0.756. The minimum atomic E-state index is -0.126. The van der Waals surface area contributed by atoms with Gasteiger partial charge in [-0.3, -0.25) is 0 Å². The van der Waals surface area contributed by atoms with Crippen LogP contribution in [0.5, 0.6) is 0 Å². The summed E-state index contributed by atoms with van der Waals surface area (Å²) >= 11 is 0. The van der Waals surface area contributed by atoms with Crippen LogP contribution in [0.3, 0.4) is 0 Å². The van der Waals surface area contributed by atoms with Crippen LogP contribution in [-0.4, -0.2) is 18.0 Å². The molecule has 0 radical (unpaired) electrons. The van der Waals surface area contributed by atoms with E-state index in [-0.39, 0.29) is 16.4 Å². The summed E-state index contributed by atoms with van der Waals surface area (Å²) in [4.78, 5) is 4.67. The maximum Gasteiger partial charge on any atom is 0.216 e. The van der Waals surface area contributed by atoms with E-state index in [2.05, 4.69) is 102 Å². The third-order valence-electron chi connectivity index (χ3n) is 6.82. The third kappa shape index (κ3) is 3.97. The number of aliphatic imine (C=N–C) groups is 1. The Morgan fingerprint density at radius 2 is 1.50 bits per heavy atom. The van der Waals surface area contributed by atoms with Crippen LogP contribution in [0.15, 0.2) is 47.5 Å². The smallest absolute Gasteiger partial charge is 0.216 e. The molecule has 1 aliphatic carbocycles. The summed E-state index contributed by atoms with van der Waals surface area (Å²) in [7, 11) is 0. The summed E-state index contributed by atoms with van der Waals surface area (Å²) < 4.78 is 5.77. The molecular formula is C28H35NO. The SMILES string of the molecule is CC(=Cc1ccc(C2=NC(C)(C)CO2)cc1)c1ccc2c(c1)C(C)(C)CCC2(C)C. The Bertz CT molecular complexity index is 1020. The lowest BCUT2D eigenvalue weighted by Crippen LogP contribution is -2.33. The highest BCUT2D eigenvalue weighted by molar-refractivity contribution is 5.95. The highest BCUT2D eigenvalue weighted by Gasteiger charge is 2.37. The minimum Gasteiger partial charge on any atom is -0.475 e. The van der Waals surface area contributed by atoms with Gasteiger partial charge in [-0.15, -0.1) is 0 Å². The van der Waals surface area contributed by atoms with E-state index in [1.165, 1.54) is 40.7 Å². The summed E-state index contributed by atoms with van der Waals surface area (Å²) in [5, 5.41) is 0. The Morgan fingerprint density at radius 1 is 0.867 bits per heavy atom. The van der Waals surface area contributed by atoms with Crippen molar-refractivity contribution in [3.05, 3.63) is 70.3 Å². The van der Waals surface area contributed by atoms with Crippen molar-refractivity contribution >= 4 is 17.5 Å². The van der Waals surface area contributed by atoms with Crippen LogP contribution in [-0.2, 0) is 15.6 Å². The van der Waals surface area contributed by atoms with Crippen molar-refractivity contribution in [1.29, 1.82) is 0 Å². The van der Waals surface area contributed by atoms with Crippen LogP contribution in [0.1, 0.15) is 89.1 Å². The van der Waals surface area contributed by atoms with Gasteiger partial charge in [0, 0.05) is 5.56 Å². The molecule has 0 aromatic heterocycles. The van der Waals surface area contributed by atoms with Crippen LogP contribution < -0.4 is 0 Å². The molecule has 0 saturated carbocycles. The normalized spacial score (nSPS) is 21.6. The van der Waals surface area contributed by atoms with Crippen LogP contribution in [0, 0.1) is 0 Å². The molecule has 2 aromatic carbocycles. The number of rotatable bonds is 3. The van der Waals surface area contributed by atoms with E-state index in [9.17, 15) is 0 Å². The maximum atomic E-state index is 5.77. The van der Waals surface area contributed by atoms with Crippen molar-refractivity contribution < 1.29 is 4.74 Å². The average molecular weight is 402 g/mol. The highest BCUT2D eigenvalue weighted by atomic mass is 16.5. The topological polar surface area (TPSA) is 21.6 Å². The number of fused-ring (bicyclic) bond motifs is 1.